The molecule has 2 aromatic carbocycles. The fourth-order valence-corrected chi connectivity index (χ4v) is 4.55. The number of carbonyl (C=O) groups excluding carboxylic acids is 1. The highest BCUT2D eigenvalue weighted by molar-refractivity contribution is 7.88. The van der Waals surface area contributed by atoms with Gasteiger partial charge in [0, 0.05) is 24.7 Å². The smallest absolute Gasteiger partial charge is 0.227 e. The molecule has 0 saturated carbocycles. The number of phenolic OH excluding ortho intramolecular Hbond substituents is 1. The van der Waals surface area contributed by atoms with Crippen molar-refractivity contribution in [1.29, 1.82) is 0 Å². The normalized spacial score (nSPS) is 17.9. The molecule has 0 spiro atoms. The Hall–Kier alpha value is -2.38. The number of likely N-dealkylation sites (tertiary alicyclic amines) is 1. The number of nitrogens with one attached hydrogen (secondary N) is 1. The largest absolute Gasteiger partial charge is 0.507 e. The summed E-state index contributed by atoms with van der Waals surface area (Å²) >= 11 is 0. The van der Waals surface area contributed by atoms with Crippen molar-refractivity contribution in [2.75, 3.05) is 19.3 Å². The van der Waals surface area contributed by atoms with Crippen LogP contribution in [0.1, 0.15) is 24.8 Å². The Morgan fingerprint density at radius 3 is 2.57 bits per heavy atom. The van der Waals surface area contributed by atoms with E-state index in [1.165, 1.54) is 0 Å². The molecule has 1 unspecified atom stereocenters. The predicted octanol–water partition coefficient (Wildman–Crippen LogP) is 2.53. The molecule has 150 valence electrons. The van der Waals surface area contributed by atoms with Gasteiger partial charge >= 0.3 is 0 Å². The van der Waals surface area contributed by atoms with Crippen molar-refractivity contribution in [3.8, 4) is 16.9 Å². The van der Waals surface area contributed by atoms with Crippen molar-refractivity contribution in [1.82, 2.24) is 9.62 Å². The fourth-order valence-electron chi connectivity index (χ4n) is 3.71. The topological polar surface area (TPSA) is 86.7 Å². The number of hydrogen-bond acceptors (Lipinski definition) is 4. The van der Waals surface area contributed by atoms with Gasteiger partial charge in [0.15, 0.2) is 0 Å². The molecule has 0 radical (unpaired) electrons. The van der Waals surface area contributed by atoms with Crippen LogP contribution < -0.4 is 4.72 Å². The van der Waals surface area contributed by atoms with Gasteiger partial charge in [0.05, 0.1) is 12.7 Å². The zero-order chi connectivity index (χ0) is 20.1. The van der Waals surface area contributed by atoms with Crippen LogP contribution >= 0.6 is 0 Å². The molecule has 1 saturated heterocycles. The van der Waals surface area contributed by atoms with E-state index in [9.17, 15) is 18.3 Å². The van der Waals surface area contributed by atoms with Gasteiger partial charge in [0.2, 0.25) is 15.9 Å². The zero-order valence-electron chi connectivity index (χ0n) is 16.0. The van der Waals surface area contributed by atoms with Crippen LogP contribution in [0.2, 0.25) is 0 Å². The third kappa shape index (κ3) is 5.33. The molecule has 6 nitrogen and oxygen atoms in total. The molecule has 1 aliphatic rings. The second-order valence-electron chi connectivity index (χ2n) is 7.25. The van der Waals surface area contributed by atoms with Crippen LogP contribution in [-0.2, 0) is 21.2 Å². The second kappa shape index (κ2) is 8.75. The van der Waals surface area contributed by atoms with E-state index in [0.29, 0.717) is 25.1 Å². The first-order chi connectivity index (χ1) is 13.3. The Labute approximate surface area is 166 Å². The molecule has 3 rings (SSSR count). The highest BCUT2D eigenvalue weighted by Gasteiger charge is 2.23. The summed E-state index contributed by atoms with van der Waals surface area (Å²) in [5.74, 6) is 0.146. The number of hydrogen-bond donors (Lipinski definition) is 2. The lowest BCUT2D eigenvalue weighted by Crippen LogP contribution is -2.36. The van der Waals surface area contributed by atoms with Gasteiger partial charge in [-0.2, -0.15) is 0 Å². The summed E-state index contributed by atoms with van der Waals surface area (Å²) < 4.78 is 25.6. The third-order valence-corrected chi connectivity index (χ3v) is 5.76. The maximum Gasteiger partial charge on any atom is 0.227 e. The van der Waals surface area contributed by atoms with Gasteiger partial charge in [-0.3, -0.25) is 4.79 Å². The van der Waals surface area contributed by atoms with Crippen LogP contribution in [0.3, 0.4) is 0 Å². The number of sulfonamides is 1. The van der Waals surface area contributed by atoms with Gasteiger partial charge < -0.3 is 10.0 Å². The molecule has 1 aliphatic heterocycles. The third-order valence-electron chi connectivity index (χ3n) is 4.99. The SMILES string of the molecule is CS(=O)(=O)NC1CCCN(C(=O)Cc2cccc(O)c2-c2ccccc2)CC1. The molecule has 0 aliphatic carbocycles. The highest BCUT2D eigenvalue weighted by Crippen LogP contribution is 2.33. The number of aromatic hydroxyl groups is 1. The number of rotatable bonds is 5. The number of nitrogens with zero attached hydrogens (tertiary/aromatic N) is 1. The molecular weight excluding hydrogens is 376 g/mol. The van der Waals surface area contributed by atoms with Gasteiger partial charge in [-0.05, 0) is 36.5 Å². The van der Waals surface area contributed by atoms with E-state index in [1.54, 1.807) is 17.0 Å². The molecule has 0 bridgehead atoms. The van der Waals surface area contributed by atoms with E-state index in [1.807, 2.05) is 36.4 Å². The second-order valence-corrected chi connectivity index (χ2v) is 9.03. The van der Waals surface area contributed by atoms with E-state index in [0.717, 1.165) is 30.2 Å². The van der Waals surface area contributed by atoms with Crippen molar-refractivity contribution >= 4 is 15.9 Å². The van der Waals surface area contributed by atoms with Gasteiger partial charge in [0.25, 0.3) is 0 Å². The summed E-state index contributed by atoms with van der Waals surface area (Å²) in [5, 5.41) is 10.4. The van der Waals surface area contributed by atoms with E-state index in [-0.39, 0.29) is 24.1 Å². The summed E-state index contributed by atoms with van der Waals surface area (Å²) in [5.41, 5.74) is 2.34. The average molecular weight is 403 g/mol. The van der Waals surface area contributed by atoms with E-state index in [2.05, 4.69) is 4.72 Å². The maximum atomic E-state index is 12.9. The Morgan fingerprint density at radius 2 is 1.86 bits per heavy atom. The number of phenols is 1. The molecule has 7 heteroatoms. The van der Waals surface area contributed by atoms with Crippen molar-refractivity contribution in [2.45, 2.75) is 31.7 Å². The fraction of sp³-hybridized carbons (Fsp3) is 0.381. The molecular formula is C21H26N2O4S. The van der Waals surface area contributed by atoms with Gasteiger partial charge in [-0.25, -0.2) is 13.1 Å². The Bertz CT molecular complexity index is 929. The lowest BCUT2D eigenvalue weighted by Gasteiger charge is -2.22. The Morgan fingerprint density at radius 1 is 1.11 bits per heavy atom. The minimum atomic E-state index is -3.25. The Kier molecular flexibility index (Phi) is 6.36. The van der Waals surface area contributed by atoms with E-state index >= 15 is 0 Å². The Balaban J connectivity index is 1.73. The van der Waals surface area contributed by atoms with Crippen LogP contribution in [0.5, 0.6) is 5.75 Å². The molecule has 0 aromatic heterocycles. The monoisotopic (exact) mass is 402 g/mol. The van der Waals surface area contributed by atoms with Gasteiger partial charge in [0.1, 0.15) is 5.75 Å². The lowest BCUT2D eigenvalue weighted by molar-refractivity contribution is -0.130. The minimum Gasteiger partial charge on any atom is -0.507 e. The molecule has 2 aromatic rings. The summed E-state index contributed by atoms with van der Waals surface area (Å²) in [6, 6.07) is 14.6. The van der Waals surface area contributed by atoms with Crippen LogP contribution in [-0.4, -0.2) is 49.7 Å². The lowest BCUT2D eigenvalue weighted by atomic mass is 9.96. The van der Waals surface area contributed by atoms with Crippen LogP contribution in [0.25, 0.3) is 11.1 Å². The highest BCUT2D eigenvalue weighted by atomic mass is 32.2. The van der Waals surface area contributed by atoms with Gasteiger partial charge in [-0.15, -0.1) is 0 Å². The molecule has 28 heavy (non-hydrogen) atoms. The van der Waals surface area contributed by atoms with Crippen LogP contribution in [0.4, 0.5) is 0 Å². The summed E-state index contributed by atoms with van der Waals surface area (Å²) in [6.07, 6.45) is 3.43. The van der Waals surface area contributed by atoms with Crippen molar-refractivity contribution in [3.63, 3.8) is 0 Å². The quantitative estimate of drug-likeness (QED) is 0.805. The van der Waals surface area contributed by atoms with E-state index < -0.39 is 10.0 Å². The molecule has 1 atom stereocenters. The molecule has 2 N–H and O–H groups in total. The van der Waals surface area contributed by atoms with Crippen LogP contribution in [0, 0.1) is 0 Å². The standard InChI is InChI=1S/C21H26N2O4S/c1-28(26,27)22-18-10-6-13-23(14-12-18)20(25)15-17-9-5-11-19(24)21(17)16-7-3-2-4-8-16/h2-5,7-9,11,18,22,24H,6,10,12-15H2,1H3. The number of amides is 1. The van der Waals surface area contributed by atoms with Gasteiger partial charge in [-0.1, -0.05) is 42.5 Å². The first-order valence-electron chi connectivity index (χ1n) is 9.45. The average Bonchev–Trinajstić information content (AvgIpc) is 2.87. The number of benzene rings is 2. The molecule has 1 fully saturated rings. The predicted molar refractivity (Wildman–Crippen MR) is 109 cm³/mol. The van der Waals surface area contributed by atoms with Crippen LogP contribution in [0.15, 0.2) is 48.5 Å². The van der Waals surface area contributed by atoms with E-state index in [4.69, 9.17) is 0 Å². The minimum absolute atomic E-state index is 0.0113. The first-order valence-corrected chi connectivity index (χ1v) is 11.3. The number of carbonyl (C=O) groups is 1. The molecule has 1 heterocycles. The first kappa shape index (κ1) is 20.4. The zero-order valence-corrected chi connectivity index (χ0v) is 16.8. The van der Waals surface area contributed by atoms with Crippen molar-refractivity contribution in [2.24, 2.45) is 0 Å². The van der Waals surface area contributed by atoms with Crippen molar-refractivity contribution in [3.05, 3.63) is 54.1 Å². The summed E-state index contributed by atoms with van der Waals surface area (Å²) in [6.45, 7) is 1.13. The summed E-state index contributed by atoms with van der Waals surface area (Å²) in [4.78, 5) is 14.7. The summed E-state index contributed by atoms with van der Waals surface area (Å²) in [7, 11) is -3.25. The maximum absolute atomic E-state index is 12.9. The van der Waals surface area contributed by atoms with Crippen molar-refractivity contribution < 1.29 is 18.3 Å². The molecule has 1 amide bonds.